The fourth-order valence-corrected chi connectivity index (χ4v) is 5.69. The van der Waals surface area contributed by atoms with E-state index in [9.17, 15) is 9.59 Å². The Morgan fingerprint density at radius 3 is 2.76 bits per heavy atom. The van der Waals surface area contributed by atoms with E-state index in [0.29, 0.717) is 28.5 Å². The van der Waals surface area contributed by atoms with E-state index in [0.717, 1.165) is 27.3 Å². The summed E-state index contributed by atoms with van der Waals surface area (Å²) in [6, 6.07) is 17.5. The van der Waals surface area contributed by atoms with Crippen molar-refractivity contribution in [1.29, 1.82) is 0 Å². The number of carbonyl (C=O) groups excluding carboxylic acids is 1. The normalized spacial score (nSPS) is 10.9. The minimum absolute atomic E-state index is 0.111. The predicted molar refractivity (Wildman–Crippen MR) is 140 cm³/mol. The van der Waals surface area contributed by atoms with Gasteiger partial charge in [0.25, 0.3) is 5.56 Å². The molecule has 2 heterocycles. The third-order valence-corrected chi connectivity index (χ3v) is 7.53. The third kappa shape index (κ3) is 5.08. The van der Waals surface area contributed by atoms with Gasteiger partial charge in [-0.15, -0.1) is 17.9 Å². The molecule has 0 saturated heterocycles. The number of nitrogens with zero attached hydrogens (tertiary/aromatic N) is 2. The van der Waals surface area contributed by atoms with Crippen LogP contribution in [0.2, 0.25) is 0 Å². The standard InChI is InChI=1S/C26H25N3O3S2/c1-4-13-29-25(31)22-17(2)23(19-10-6-5-7-11-19)34-24(22)28-26(29)33-16-21(30)27-15-18-9-8-12-20(14-18)32-3/h4-12,14H,1,13,15-16H2,2-3H3,(H,27,30). The highest BCUT2D eigenvalue weighted by atomic mass is 32.2. The zero-order valence-corrected chi connectivity index (χ0v) is 20.7. The van der Waals surface area contributed by atoms with Crippen LogP contribution in [-0.2, 0) is 17.9 Å². The van der Waals surface area contributed by atoms with Crippen LogP contribution in [0.25, 0.3) is 20.7 Å². The summed E-state index contributed by atoms with van der Waals surface area (Å²) in [6.07, 6.45) is 1.67. The zero-order valence-electron chi connectivity index (χ0n) is 19.0. The number of benzene rings is 2. The van der Waals surface area contributed by atoms with Gasteiger partial charge in [0.05, 0.1) is 18.2 Å². The number of nitrogens with one attached hydrogen (secondary N) is 1. The number of thioether (sulfide) groups is 1. The Morgan fingerprint density at radius 2 is 2.03 bits per heavy atom. The molecule has 0 radical (unpaired) electrons. The molecule has 0 bridgehead atoms. The number of allylic oxidation sites excluding steroid dienone is 1. The van der Waals surface area contributed by atoms with Crippen molar-refractivity contribution < 1.29 is 9.53 Å². The predicted octanol–water partition coefficient (Wildman–Crippen LogP) is 5.04. The summed E-state index contributed by atoms with van der Waals surface area (Å²) in [6.45, 7) is 6.46. The topological polar surface area (TPSA) is 73.2 Å². The second-order valence-electron chi connectivity index (χ2n) is 7.62. The van der Waals surface area contributed by atoms with Gasteiger partial charge in [0.2, 0.25) is 5.91 Å². The summed E-state index contributed by atoms with van der Waals surface area (Å²) in [7, 11) is 1.61. The van der Waals surface area contributed by atoms with E-state index in [-0.39, 0.29) is 17.2 Å². The monoisotopic (exact) mass is 491 g/mol. The molecule has 4 rings (SSSR count). The van der Waals surface area contributed by atoms with Crippen molar-refractivity contribution in [1.82, 2.24) is 14.9 Å². The van der Waals surface area contributed by atoms with Crippen LogP contribution in [0.15, 0.2) is 77.2 Å². The number of amides is 1. The molecule has 0 aliphatic heterocycles. The average Bonchev–Trinajstić information content (AvgIpc) is 3.20. The van der Waals surface area contributed by atoms with Gasteiger partial charge < -0.3 is 10.1 Å². The molecule has 1 amide bonds. The van der Waals surface area contributed by atoms with Crippen molar-refractivity contribution in [2.45, 2.75) is 25.2 Å². The maximum absolute atomic E-state index is 13.4. The number of methoxy groups -OCH3 is 1. The molecule has 0 aliphatic carbocycles. The van der Waals surface area contributed by atoms with E-state index in [1.54, 1.807) is 17.8 Å². The van der Waals surface area contributed by atoms with Crippen LogP contribution in [0.3, 0.4) is 0 Å². The lowest BCUT2D eigenvalue weighted by atomic mass is 10.1. The van der Waals surface area contributed by atoms with Gasteiger partial charge in [0.1, 0.15) is 10.6 Å². The number of thiophene rings is 1. The van der Waals surface area contributed by atoms with E-state index in [2.05, 4.69) is 11.9 Å². The smallest absolute Gasteiger partial charge is 0.263 e. The first-order chi connectivity index (χ1) is 16.5. The molecule has 2 aromatic carbocycles. The van der Waals surface area contributed by atoms with Crippen molar-refractivity contribution in [2.75, 3.05) is 12.9 Å². The summed E-state index contributed by atoms with van der Waals surface area (Å²) >= 11 is 2.75. The van der Waals surface area contributed by atoms with Crippen molar-refractivity contribution in [3.8, 4) is 16.2 Å². The van der Waals surface area contributed by atoms with Crippen molar-refractivity contribution in [3.63, 3.8) is 0 Å². The van der Waals surface area contributed by atoms with Crippen LogP contribution in [-0.4, -0.2) is 28.3 Å². The average molecular weight is 492 g/mol. The molecule has 0 saturated carbocycles. The van der Waals surface area contributed by atoms with Crippen LogP contribution >= 0.6 is 23.1 Å². The van der Waals surface area contributed by atoms with Gasteiger partial charge in [-0.25, -0.2) is 4.98 Å². The Labute approximate surface area is 206 Å². The number of aryl methyl sites for hydroxylation is 1. The van der Waals surface area contributed by atoms with E-state index >= 15 is 0 Å². The lowest BCUT2D eigenvalue weighted by Crippen LogP contribution is -2.26. The highest BCUT2D eigenvalue weighted by Crippen LogP contribution is 2.36. The summed E-state index contributed by atoms with van der Waals surface area (Å²) in [5.74, 6) is 0.752. The highest BCUT2D eigenvalue weighted by Gasteiger charge is 2.19. The number of rotatable bonds is 9. The molecular formula is C26H25N3O3S2. The summed E-state index contributed by atoms with van der Waals surface area (Å²) in [5, 5.41) is 4.04. The summed E-state index contributed by atoms with van der Waals surface area (Å²) in [4.78, 5) is 32.4. The van der Waals surface area contributed by atoms with Crippen LogP contribution in [0, 0.1) is 6.92 Å². The van der Waals surface area contributed by atoms with Crippen molar-refractivity contribution in [3.05, 3.63) is 88.7 Å². The van der Waals surface area contributed by atoms with Gasteiger partial charge in [0.15, 0.2) is 5.16 Å². The molecular weight excluding hydrogens is 466 g/mol. The lowest BCUT2D eigenvalue weighted by molar-refractivity contribution is -0.118. The molecule has 0 spiro atoms. The van der Waals surface area contributed by atoms with Crippen LogP contribution in [0.4, 0.5) is 0 Å². The number of fused-ring (bicyclic) bond motifs is 1. The maximum Gasteiger partial charge on any atom is 0.263 e. The first-order valence-electron chi connectivity index (χ1n) is 10.7. The minimum atomic E-state index is -0.139. The van der Waals surface area contributed by atoms with Gasteiger partial charge in [-0.05, 0) is 35.7 Å². The lowest BCUT2D eigenvalue weighted by Gasteiger charge is -2.11. The zero-order chi connectivity index (χ0) is 24.1. The summed E-state index contributed by atoms with van der Waals surface area (Å²) in [5.41, 5.74) is 2.82. The molecule has 8 heteroatoms. The minimum Gasteiger partial charge on any atom is -0.497 e. The van der Waals surface area contributed by atoms with Crippen molar-refractivity contribution in [2.24, 2.45) is 0 Å². The highest BCUT2D eigenvalue weighted by molar-refractivity contribution is 7.99. The third-order valence-electron chi connectivity index (χ3n) is 5.32. The first kappa shape index (κ1) is 23.8. The molecule has 2 aromatic heterocycles. The van der Waals surface area contributed by atoms with Crippen LogP contribution in [0.1, 0.15) is 11.1 Å². The number of hydrogen-bond donors (Lipinski definition) is 1. The van der Waals surface area contributed by atoms with Crippen molar-refractivity contribution >= 4 is 39.2 Å². The maximum atomic E-state index is 13.4. The quantitative estimate of drug-likeness (QED) is 0.202. The first-order valence-corrected chi connectivity index (χ1v) is 12.5. The van der Waals surface area contributed by atoms with Gasteiger partial charge in [-0.2, -0.15) is 0 Å². The largest absolute Gasteiger partial charge is 0.497 e. The number of hydrogen-bond acceptors (Lipinski definition) is 6. The molecule has 4 aromatic rings. The number of ether oxygens (including phenoxy) is 1. The molecule has 34 heavy (non-hydrogen) atoms. The fraction of sp³-hybridized carbons (Fsp3) is 0.192. The molecule has 6 nitrogen and oxygen atoms in total. The molecule has 0 atom stereocenters. The SMILES string of the molecule is C=CCn1c(SCC(=O)NCc2cccc(OC)c2)nc2sc(-c3ccccc3)c(C)c2c1=O. The van der Waals surface area contributed by atoms with Gasteiger partial charge >= 0.3 is 0 Å². The van der Waals surface area contributed by atoms with Crippen LogP contribution in [0.5, 0.6) is 5.75 Å². The molecule has 0 aliphatic rings. The van der Waals surface area contributed by atoms with Gasteiger partial charge in [0, 0.05) is 18.0 Å². The second-order valence-corrected chi connectivity index (χ2v) is 9.56. The molecule has 0 unspecified atom stereocenters. The second kappa shape index (κ2) is 10.7. The van der Waals surface area contributed by atoms with E-state index < -0.39 is 0 Å². The van der Waals surface area contributed by atoms with E-state index in [4.69, 9.17) is 9.72 Å². The molecule has 0 fully saturated rings. The van der Waals surface area contributed by atoms with Gasteiger partial charge in [-0.1, -0.05) is 60.3 Å². The fourth-order valence-electron chi connectivity index (χ4n) is 3.63. The number of aromatic nitrogens is 2. The van der Waals surface area contributed by atoms with Gasteiger partial charge in [-0.3, -0.25) is 14.2 Å². The molecule has 1 N–H and O–H groups in total. The van der Waals surface area contributed by atoms with Crippen LogP contribution < -0.4 is 15.6 Å². The van der Waals surface area contributed by atoms with E-state index in [1.165, 1.54) is 23.1 Å². The Bertz CT molecular complexity index is 1390. The number of carbonyl (C=O) groups is 1. The van der Waals surface area contributed by atoms with E-state index in [1.807, 2.05) is 61.5 Å². The Morgan fingerprint density at radius 1 is 1.24 bits per heavy atom. The Hall–Kier alpha value is -3.36. The summed E-state index contributed by atoms with van der Waals surface area (Å²) < 4.78 is 6.81. The Balaban J connectivity index is 1.56. The molecule has 174 valence electrons. The Kier molecular flexibility index (Phi) is 7.49.